The van der Waals surface area contributed by atoms with Gasteiger partial charge < -0.3 is 9.15 Å². The number of rotatable bonds is 5. The molecule has 0 spiro atoms. The maximum Gasteiger partial charge on any atom is 0.316 e. The molecule has 0 atom stereocenters. The van der Waals surface area contributed by atoms with Crippen molar-refractivity contribution >= 4 is 29.3 Å². The van der Waals surface area contributed by atoms with E-state index in [-0.39, 0.29) is 18.5 Å². The fraction of sp³-hybridized carbons (Fsp3) is 0.250. The first-order chi connectivity index (χ1) is 9.19. The van der Waals surface area contributed by atoms with Crippen LogP contribution in [0.25, 0.3) is 11.5 Å². The smallest absolute Gasteiger partial charge is 0.316 e. The molecule has 0 fully saturated rings. The molecular formula is C12H11ClN2O3S. The van der Waals surface area contributed by atoms with Crippen LogP contribution in [0.5, 0.6) is 0 Å². The third kappa shape index (κ3) is 3.97. The highest BCUT2D eigenvalue weighted by Gasteiger charge is 2.10. The van der Waals surface area contributed by atoms with E-state index in [1.807, 2.05) is 6.26 Å². The van der Waals surface area contributed by atoms with Gasteiger partial charge in [0.2, 0.25) is 5.89 Å². The monoisotopic (exact) mass is 298 g/mol. The van der Waals surface area contributed by atoms with Crippen molar-refractivity contribution in [1.82, 2.24) is 10.2 Å². The number of esters is 1. The van der Waals surface area contributed by atoms with Crippen molar-refractivity contribution in [2.24, 2.45) is 0 Å². The molecular weight excluding hydrogens is 288 g/mol. The van der Waals surface area contributed by atoms with Crippen LogP contribution in [0.4, 0.5) is 0 Å². The fourth-order valence-electron chi connectivity index (χ4n) is 1.32. The summed E-state index contributed by atoms with van der Waals surface area (Å²) in [5, 5.41) is 8.33. The molecule has 1 aromatic heterocycles. The Labute approximate surface area is 119 Å². The lowest BCUT2D eigenvalue weighted by atomic mass is 10.2. The molecule has 0 saturated carbocycles. The van der Waals surface area contributed by atoms with Crippen molar-refractivity contribution in [3.05, 3.63) is 35.2 Å². The molecule has 0 aliphatic rings. The van der Waals surface area contributed by atoms with Gasteiger partial charge in [0.05, 0.1) is 5.75 Å². The number of ether oxygens (including phenoxy) is 1. The Kier molecular flexibility index (Phi) is 4.81. The summed E-state index contributed by atoms with van der Waals surface area (Å²) in [4.78, 5) is 11.2. The summed E-state index contributed by atoms with van der Waals surface area (Å²) in [6.45, 7) is -0.0139. The number of halogens is 1. The zero-order valence-corrected chi connectivity index (χ0v) is 11.7. The summed E-state index contributed by atoms with van der Waals surface area (Å²) in [6.07, 6.45) is 1.83. The fourth-order valence-corrected chi connectivity index (χ4v) is 1.77. The van der Waals surface area contributed by atoms with Crippen LogP contribution in [-0.4, -0.2) is 28.2 Å². The van der Waals surface area contributed by atoms with Gasteiger partial charge in [0, 0.05) is 10.6 Å². The second-order valence-electron chi connectivity index (χ2n) is 3.60. The molecule has 100 valence electrons. The van der Waals surface area contributed by atoms with Crippen LogP contribution in [0.2, 0.25) is 5.02 Å². The summed E-state index contributed by atoms with van der Waals surface area (Å²) in [5.41, 5.74) is 0.763. The number of benzene rings is 1. The van der Waals surface area contributed by atoms with Gasteiger partial charge >= 0.3 is 5.97 Å². The third-order valence-corrected chi connectivity index (χ3v) is 2.95. The van der Waals surface area contributed by atoms with Crippen molar-refractivity contribution in [2.45, 2.75) is 6.61 Å². The largest absolute Gasteiger partial charge is 0.455 e. The van der Waals surface area contributed by atoms with E-state index in [2.05, 4.69) is 10.2 Å². The lowest BCUT2D eigenvalue weighted by Gasteiger charge is -1.99. The van der Waals surface area contributed by atoms with Crippen molar-refractivity contribution in [3.63, 3.8) is 0 Å². The van der Waals surface area contributed by atoms with Crippen LogP contribution in [-0.2, 0) is 16.1 Å². The van der Waals surface area contributed by atoms with Crippen LogP contribution < -0.4 is 0 Å². The lowest BCUT2D eigenvalue weighted by Crippen LogP contribution is -2.06. The standard InChI is InChI=1S/C12H11ClN2O3S/c1-19-7-11(16)17-6-10-14-15-12(18-10)8-2-4-9(13)5-3-8/h2-5H,6-7H2,1H3. The Hall–Kier alpha value is -1.53. The van der Waals surface area contributed by atoms with Gasteiger partial charge in [0.15, 0.2) is 6.61 Å². The molecule has 1 aromatic carbocycles. The number of nitrogens with zero attached hydrogens (tertiary/aromatic N) is 2. The molecule has 0 bridgehead atoms. The second kappa shape index (κ2) is 6.58. The molecule has 0 unspecified atom stereocenters. The minimum Gasteiger partial charge on any atom is -0.455 e. The minimum absolute atomic E-state index is 0.0139. The van der Waals surface area contributed by atoms with Crippen LogP contribution in [0.3, 0.4) is 0 Å². The van der Waals surface area contributed by atoms with Crippen LogP contribution in [0.1, 0.15) is 5.89 Å². The Morgan fingerprint density at radius 1 is 1.37 bits per heavy atom. The van der Waals surface area contributed by atoms with Gasteiger partial charge in [-0.2, -0.15) is 11.8 Å². The summed E-state index contributed by atoms with van der Waals surface area (Å²) < 4.78 is 10.3. The van der Waals surface area contributed by atoms with E-state index in [1.165, 1.54) is 11.8 Å². The zero-order valence-electron chi connectivity index (χ0n) is 10.1. The Bertz CT molecular complexity index is 556. The Balaban J connectivity index is 1.99. The number of thioether (sulfide) groups is 1. The van der Waals surface area contributed by atoms with Gasteiger partial charge in [-0.05, 0) is 30.5 Å². The summed E-state index contributed by atoms with van der Waals surface area (Å²) in [5.74, 6) is 0.628. The van der Waals surface area contributed by atoms with Crippen LogP contribution in [0, 0.1) is 0 Å². The number of hydrogen-bond donors (Lipinski definition) is 0. The number of hydrogen-bond acceptors (Lipinski definition) is 6. The highest BCUT2D eigenvalue weighted by Crippen LogP contribution is 2.20. The van der Waals surface area contributed by atoms with Gasteiger partial charge in [-0.25, -0.2) is 0 Å². The van der Waals surface area contributed by atoms with E-state index in [4.69, 9.17) is 20.8 Å². The average Bonchev–Trinajstić information content (AvgIpc) is 2.86. The quantitative estimate of drug-likeness (QED) is 0.791. The molecule has 0 amide bonds. The van der Waals surface area contributed by atoms with E-state index in [9.17, 15) is 4.79 Å². The van der Waals surface area contributed by atoms with Gasteiger partial charge in [-0.1, -0.05) is 11.6 Å². The molecule has 19 heavy (non-hydrogen) atoms. The topological polar surface area (TPSA) is 65.2 Å². The SMILES string of the molecule is CSCC(=O)OCc1nnc(-c2ccc(Cl)cc2)o1. The van der Waals surface area contributed by atoms with Crippen molar-refractivity contribution in [1.29, 1.82) is 0 Å². The second-order valence-corrected chi connectivity index (χ2v) is 4.90. The van der Waals surface area contributed by atoms with E-state index in [0.717, 1.165) is 5.56 Å². The molecule has 0 saturated heterocycles. The summed E-state index contributed by atoms with van der Waals surface area (Å²) in [7, 11) is 0. The van der Waals surface area contributed by atoms with Gasteiger partial charge in [0.1, 0.15) is 0 Å². The molecule has 2 aromatic rings. The van der Waals surface area contributed by atoms with Crippen LogP contribution in [0.15, 0.2) is 28.7 Å². The predicted octanol–water partition coefficient (Wildman–Crippen LogP) is 2.80. The molecule has 0 N–H and O–H groups in total. The van der Waals surface area contributed by atoms with E-state index < -0.39 is 0 Å². The van der Waals surface area contributed by atoms with Crippen molar-refractivity contribution < 1.29 is 13.9 Å². The first-order valence-corrected chi connectivity index (χ1v) is 7.19. The van der Waals surface area contributed by atoms with Gasteiger partial charge in [0.25, 0.3) is 5.89 Å². The molecule has 2 rings (SSSR count). The maximum absolute atomic E-state index is 11.2. The van der Waals surface area contributed by atoms with Gasteiger partial charge in [-0.15, -0.1) is 10.2 Å². The third-order valence-electron chi connectivity index (χ3n) is 2.18. The molecule has 0 aliphatic carbocycles. The number of aromatic nitrogens is 2. The predicted molar refractivity (Wildman–Crippen MR) is 72.9 cm³/mol. The molecule has 7 heteroatoms. The lowest BCUT2D eigenvalue weighted by molar-refractivity contribution is -0.142. The first-order valence-electron chi connectivity index (χ1n) is 5.42. The summed E-state index contributed by atoms with van der Waals surface area (Å²) >= 11 is 7.19. The van der Waals surface area contributed by atoms with E-state index >= 15 is 0 Å². The molecule has 0 aliphatic heterocycles. The first kappa shape index (κ1) is 13.9. The highest BCUT2D eigenvalue weighted by atomic mass is 35.5. The minimum atomic E-state index is -0.307. The normalized spacial score (nSPS) is 10.4. The Morgan fingerprint density at radius 2 is 2.11 bits per heavy atom. The van der Waals surface area contributed by atoms with Crippen LogP contribution >= 0.6 is 23.4 Å². The molecule has 5 nitrogen and oxygen atoms in total. The molecule has 0 radical (unpaired) electrons. The van der Waals surface area contributed by atoms with Crippen molar-refractivity contribution in [3.8, 4) is 11.5 Å². The number of carbonyl (C=O) groups excluding carboxylic acids is 1. The Morgan fingerprint density at radius 3 is 2.79 bits per heavy atom. The van der Waals surface area contributed by atoms with E-state index in [0.29, 0.717) is 16.7 Å². The molecule has 1 heterocycles. The highest BCUT2D eigenvalue weighted by molar-refractivity contribution is 7.99. The van der Waals surface area contributed by atoms with Crippen molar-refractivity contribution in [2.75, 3.05) is 12.0 Å². The van der Waals surface area contributed by atoms with Gasteiger partial charge in [-0.3, -0.25) is 4.79 Å². The number of carbonyl (C=O) groups is 1. The summed E-state index contributed by atoms with van der Waals surface area (Å²) in [6, 6.07) is 7.03. The zero-order chi connectivity index (χ0) is 13.7. The van der Waals surface area contributed by atoms with E-state index in [1.54, 1.807) is 24.3 Å². The maximum atomic E-state index is 11.2. The average molecular weight is 299 g/mol.